The monoisotopic (exact) mass is 399 g/mol. The van der Waals surface area contributed by atoms with Gasteiger partial charge in [-0.05, 0) is 73.1 Å². The number of rotatable bonds is 4. The summed E-state index contributed by atoms with van der Waals surface area (Å²) in [5, 5.41) is 1.13. The number of alkyl halides is 3. The number of fused-ring (bicyclic) bond motifs is 3. The lowest BCUT2D eigenvalue weighted by Gasteiger charge is -2.19. The van der Waals surface area contributed by atoms with Crippen molar-refractivity contribution in [3.8, 4) is 5.75 Å². The zero-order valence-corrected chi connectivity index (χ0v) is 16.3. The second kappa shape index (κ2) is 7.12. The van der Waals surface area contributed by atoms with E-state index in [1.54, 1.807) is 12.1 Å². The smallest absolute Gasteiger partial charge is 0.416 e. The summed E-state index contributed by atoms with van der Waals surface area (Å²) in [4.78, 5) is 0. The molecule has 0 radical (unpaired) electrons. The van der Waals surface area contributed by atoms with Gasteiger partial charge in [-0.3, -0.25) is 0 Å². The molecule has 1 aliphatic carbocycles. The minimum absolute atomic E-state index is 0.0285. The molecule has 1 aromatic heterocycles. The first-order chi connectivity index (χ1) is 14.0. The van der Waals surface area contributed by atoms with Gasteiger partial charge in [0.25, 0.3) is 0 Å². The van der Waals surface area contributed by atoms with Gasteiger partial charge in [-0.2, -0.15) is 13.2 Å². The fourth-order valence-electron chi connectivity index (χ4n) is 4.98. The number of benzene rings is 2. The van der Waals surface area contributed by atoms with Crippen molar-refractivity contribution in [3.63, 3.8) is 0 Å². The first-order valence-electron chi connectivity index (χ1n) is 10.4. The Kier molecular flexibility index (Phi) is 4.56. The highest BCUT2D eigenvalue weighted by molar-refractivity contribution is 5.83. The van der Waals surface area contributed by atoms with E-state index in [2.05, 4.69) is 10.6 Å². The van der Waals surface area contributed by atoms with Crippen LogP contribution in [-0.4, -0.2) is 4.57 Å². The average molecular weight is 399 g/mol. The van der Waals surface area contributed by atoms with Gasteiger partial charge in [-0.25, -0.2) is 0 Å². The van der Waals surface area contributed by atoms with Crippen LogP contribution >= 0.6 is 0 Å². The first-order valence-corrected chi connectivity index (χ1v) is 10.4. The van der Waals surface area contributed by atoms with E-state index in [0.29, 0.717) is 16.9 Å². The first kappa shape index (κ1) is 18.6. The molecule has 0 unspecified atom stereocenters. The van der Waals surface area contributed by atoms with E-state index < -0.39 is 11.7 Å². The van der Waals surface area contributed by atoms with Crippen molar-refractivity contribution in [2.45, 2.75) is 63.8 Å². The largest absolute Gasteiger partial charge is 0.489 e. The second-order valence-electron chi connectivity index (χ2n) is 8.30. The van der Waals surface area contributed by atoms with Gasteiger partial charge in [0.1, 0.15) is 12.4 Å². The Hall–Kier alpha value is -2.43. The number of aromatic nitrogens is 1. The topological polar surface area (TPSA) is 14.2 Å². The Labute approximate surface area is 168 Å². The summed E-state index contributed by atoms with van der Waals surface area (Å²) in [7, 11) is 0. The van der Waals surface area contributed by atoms with Crippen LogP contribution in [0.1, 0.15) is 60.4 Å². The van der Waals surface area contributed by atoms with E-state index in [0.717, 1.165) is 44.0 Å². The van der Waals surface area contributed by atoms with Crippen molar-refractivity contribution in [3.05, 3.63) is 64.8 Å². The van der Waals surface area contributed by atoms with Gasteiger partial charge >= 0.3 is 6.18 Å². The molecule has 1 saturated carbocycles. The molecule has 5 heteroatoms. The summed E-state index contributed by atoms with van der Waals surface area (Å²) < 4.78 is 49.2. The van der Waals surface area contributed by atoms with Crippen LogP contribution < -0.4 is 4.74 Å². The van der Waals surface area contributed by atoms with E-state index in [-0.39, 0.29) is 12.5 Å². The van der Waals surface area contributed by atoms with Gasteiger partial charge in [-0.1, -0.05) is 25.0 Å². The lowest BCUT2D eigenvalue weighted by Crippen LogP contribution is -2.12. The van der Waals surface area contributed by atoms with Crippen LogP contribution in [0.25, 0.3) is 10.9 Å². The molecule has 2 heterocycles. The molecular formula is C24H24F3NO. The second-order valence-corrected chi connectivity index (χ2v) is 8.30. The molecule has 2 aromatic carbocycles. The summed E-state index contributed by atoms with van der Waals surface area (Å²) in [6.07, 6.45) is 1.67. The predicted octanol–water partition coefficient (Wildman–Crippen LogP) is 6.84. The molecule has 1 aliphatic heterocycles. The standard InChI is InChI=1S/C24H24F3NO/c25-24(26,27)22-12-16(7-9-21(22)17-4-1-2-5-17)15-29-20-8-10-23-18(14-20)13-19-6-3-11-28(19)23/h7-10,12-14,17H,1-6,11,15H2. The molecule has 3 aromatic rings. The average Bonchev–Trinajstić information content (AvgIpc) is 3.42. The molecule has 2 nitrogen and oxygen atoms in total. The van der Waals surface area contributed by atoms with Gasteiger partial charge in [0, 0.05) is 23.1 Å². The van der Waals surface area contributed by atoms with Gasteiger partial charge < -0.3 is 9.30 Å². The fraction of sp³-hybridized carbons (Fsp3) is 0.417. The lowest BCUT2D eigenvalue weighted by molar-refractivity contribution is -0.138. The van der Waals surface area contributed by atoms with Gasteiger partial charge in [0.15, 0.2) is 0 Å². The fourth-order valence-corrected chi connectivity index (χ4v) is 4.98. The minimum atomic E-state index is -4.33. The quantitative estimate of drug-likeness (QED) is 0.468. The minimum Gasteiger partial charge on any atom is -0.489 e. The molecule has 0 N–H and O–H groups in total. The highest BCUT2D eigenvalue weighted by atomic mass is 19.4. The molecule has 2 aliphatic rings. The van der Waals surface area contributed by atoms with Crippen LogP contribution in [0.5, 0.6) is 5.75 Å². The maximum atomic E-state index is 13.7. The summed E-state index contributed by atoms with van der Waals surface area (Å²) in [6, 6.07) is 12.9. The van der Waals surface area contributed by atoms with Crippen molar-refractivity contribution in [2.75, 3.05) is 0 Å². The molecule has 29 heavy (non-hydrogen) atoms. The SMILES string of the molecule is FC(F)(F)c1cc(COc2ccc3c(c2)cc2n3CCC2)ccc1C1CCCC1. The highest BCUT2D eigenvalue weighted by Gasteiger charge is 2.36. The van der Waals surface area contributed by atoms with Crippen molar-refractivity contribution >= 4 is 10.9 Å². The third kappa shape index (κ3) is 3.52. The van der Waals surface area contributed by atoms with Crippen LogP contribution in [0, 0.1) is 0 Å². The van der Waals surface area contributed by atoms with Crippen LogP contribution in [0.15, 0.2) is 42.5 Å². The van der Waals surface area contributed by atoms with Gasteiger partial charge in [0.2, 0.25) is 0 Å². The highest BCUT2D eigenvalue weighted by Crippen LogP contribution is 2.42. The molecule has 0 saturated heterocycles. The lowest BCUT2D eigenvalue weighted by atomic mass is 9.91. The van der Waals surface area contributed by atoms with Crippen molar-refractivity contribution in [1.29, 1.82) is 0 Å². The predicted molar refractivity (Wildman–Crippen MR) is 107 cm³/mol. The Morgan fingerprint density at radius 3 is 2.59 bits per heavy atom. The molecule has 0 amide bonds. The number of ether oxygens (including phenoxy) is 1. The van der Waals surface area contributed by atoms with Crippen molar-refractivity contribution in [2.24, 2.45) is 0 Å². The number of nitrogens with zero attached hydrogens (tertiary/aromatic N) is 1. The van der Waals surface area contributed by atoms with Crippen LogP contribution in [0.2, 0.25) is 0 Å². The molecule has 1 fully saturated rings. The Balaban J connectivity index is 1.37. The van der Waals surface area contributed by atoms with E-state index >= 15 is 0 Å². The van der Waals surface area contributed by atoms with Gasteiger partial charge in [-0.15, -0.1) is 0 Å². The summed E-state index contributed by atoms with van der Waals surface area (Å²) in [6.45, 7) is 1.18. The molecule has 0 spiro atoms. The van der Waals surface area contributed by atoms with Crippen LogP contribution in [0.4, 0.5) is 13.2 Å². The normalized spacial score (nSPS) is 17.2. The Morgan fingerprint density at radius 1 is 0.966 bits per heavy atom. The van der Waals surface area contributed by atoms with Crippen molar-refractivity contribution in [1.82, 2.24) is 4.57 Å². The molecule has 0 bridgehead atoms. The molecule has 152 valence electrons. The third-order valence-corrected chi connectivity index (χ3v) is 6.40. The molecule has 0 atom stereocenters. The zero-order valence-electron chi connectivity index (χ0n) is 16.3. The van der Waals surface area contributed by atoms with Crippen molar-refractivity contribution < 1.29 is 17.9 Å². The maximum absolute atomic E-state index is 13.7. The third-order valence-electron chi connectivity index (χ3n) is 6.40. The molecule has 5 rings (SSSR count). The van der Waals surface area contributed by atoms with E-state index in [1.807, 2.05) is 18.2 Å². The zero-order chi connectivity index (χ0) is 20.0. The maximum Gasteiger partial charge on any atom is 0.416 e. The van der Waals surface area contributed by atoms with Crippen LogP contribution in [0.3, 0.4) is 0 Å². The van der Waals surface area contributed by atoms with Gasteiger partial charge in [0.05, 0.1) is 5.56 Å². The Morgan fingerprint density at radius 2 is 1.79 bits per heavy atom. The summed E-state index contributed by atoms with van der Waals surface area (Å²) >= 11 is 0. The van der Waals surface area contributed by atoms with E-state index in [4.69, 9.17) is 4.74 Å². The summed E-state index contributed by atoms with van der Waals surface area (Å²) in [5.74, 6) is 0.719. The number of aryl methyl sites for hydroxylation is 2. The number of halogens is 3. The Bertz CT molecular complexity index is 1040. The molecular weight excluding hydrogens is 375 g/mol. The van der Waals surface area contributed by atoms with E-state index in [1.165, 1.54) is 23.7 Å². The number of hydrogen-bond acceptors (Lipinski definition) is 1. The number of hydrogen-bond donors (Lipinski definition) is 0. The van der Waals surface area contributed by atoms with Crippen LogP contribution in [-0.2, 0) is 25.7 Å². The summed E-state index contributed by atoms with van der Waals surface area (Å²) in [5.41, 5.74) is 3.05. The van der Waals surface area contributed by atoms with E-state index in [9.17, 15) is 13.2 Å².